The summed E-state index contributed by atoms with van der Waals surface area (Å²) >= 11 is 0. The molecule has 0 saturated heterocycles. The number of benzene rings is 2. The van der Waals surface area contributed by atoms with Crippen molar-refractivity contribution in [3.05, 3.63) is 60.2 Å². The van der Waals surface area contributed by atoms with Crippen LogP contribution < -0.4 is 10.1 Å². The van der Waals surface area contributed by atoms with Gasteiger partial charge >= 0.3 is 5.97 Å². The van der Waals surface area contributed by atoms with Crippen molar-refractivity contribution in [3.8, 4) is 5.75 Å². The van der Waals surface area contributed by atoms with Gasteiger partial charge in [-0.3, -0.25) is 4.79 Å². The number of carbonyl (C=O) groups excluding carboxylic acids is 2. The van der Waals surface area contributed by atoms with Gasteiger partial charge in [0.15, 0.2) is 0 Å². The Morgan fingerprint density at radius 2 is 1.70 bits per heavy atom. The number of anilines is 1. The largest absolute Gasteiger partial charge is 0.469 e. The highest BCUT2D eigenvalue weighted by atomic mass is 16.6. The number of esters is 1. The zero-order valence-electron chi connectivity index (χ0n) is 13.1. The van der Waals surface area contributed by atoms with Crippen LogP contribution in [0.3, 0.4) is 0 Å². The summed E-state index contributed by atoms with van der Waals surface area (Å²) in [7, 11) is 0. The van der Waals surface area contributed by atoms with Crippen LogP contribution in [0.2, 0.25) is 0 Å². The predicted octanol–water partition coefficient (Wildman–Crippen LogP) is 2.94. The summed E-state index contributed by atoms with van der Waals surface area (Å²) in [5, 5.41) is 2.65. The Kier molecular flexibility index (Phi) is 5.74. The molecule has 0 heterocycles. The monoisotopic (exact) mass is 313 g/mol. The van der Waals surface area contributed by atoms with Crippen molar-refractivity contribution >= 4 is 17.6 Å². The predicted molar refractivity (Wildman–Crippen MR) is 87.3 cm³/mol. The van der Waals surface area contributed by atoms with Crippen LogP contribution in [0.25, 0.3) is 0 Å². The third-order valence-corrected chi connectivity index (χ3v) is 3.06. The summed E-state index contributed by atoms with van der Waals surface area (Å²) < 4.78 is 10.5. The molecule has 0 bridgehead atoms. The van der Waals surface area contributed by atoms with Crippen LogP contribution in [0.5, 0.6) is 5.75 Å². The van der Waals surface area contributed by atoms with Crippen LogP contribution in [0, 0.1) is 6.92 Å². The highest BCUT2D eigenvalue weighted by molar-refractivity contribution is 6.07. The van der Waals surface area contributed by atoms with E-state index >= 15 is 0 Å². The summed E-state index contributed by atoms with van der Waals surface area (Å²) in [6.07, 6.45) is -1.36. The maximum atomic E-state index is 12.4. The van der Waals surface area contributed by atoms with Crippen molar-refractivity contribution in [2.45, 2.75) is 20.0 Å². The molecule has 2 rings (SSSR count). The quantitative estimate of drug-likeness (QED) is 0.658. The number of amides is 1. The van der Waals surface area contributed by atoms with E-state index < -0.39 is 18.0 Å². The van der Waals surface area contributed by atoms with Crippen molar-refractivity contribution < 1.29 is 19.1 Å². The van der Waals surface area contributed by atoms with Gasteiger partial charge in [0.05, 0.1) is 6.61 Å². The fourth-order valence-electron chi connectivity index (χ4n) is 1.91. The normalized spacial score (nSPS) is 11.4. The molecule has 2 aromatic carbocycles. The van der Waals surface area contributed by atoms with Gasteiger partial charge in [0.2, 0.25) is 0 Å². The van der Waals surface area contributed by atoms with E-state index in [1.54, 1.807) is 43.3 Å². The van der Waals surface area contributed by atoms with Gasteiger partial charge in [-0.25, -0.2) is 4.79 Å². The number of ether oxygens (including phenoxy) is 2. The molecule has 0 fully saturated rings. The van der Waals surface area contributed by atoms with Crippen molar-refractivity contribution in [2.75, 3.05) is 11.9 Å². The molecule has 0 aromatic heterocycles. The van der Waals surface area contributed by atoms with Gasteiger partial charge < -0.3 is 14.8 Å². The third kappa shape index (κ3) is 4.85. The number of para-hydroxylation sites is 1. The molecule has 0 spiro atoms. The second-order valence-electron chi connectivity index (χ2n) is 4.92. The minimum Gasteiger partial charge on any atom is -0.469 e. The Morgan fingerprint density at radius 1 is 1.04 bits per heavy atom. The zero-order chi connectivity index (χ0) is 16.7. The van der Waals surface area contributed by atoms with E-state index in [4.69, 9.17) is 9.47 Å². The smallest absolute Gasteiger partial charge is 0.357 e. The molecular weight excluding hydrogens is 294 g/mol. The minimum atomic E-state index is -1.36. The second kappa shape index (κ2) is 7.98. The first-order chi connectivity index (χ1) is 11.1. The van der Waals surface area contributed by atoms with E-state index in [1.165, 1.54) is 0 Å². The van der Waals surface area contributed by atoms with Gasteiger partial charge in [0.25, 0.3) is 12.0 Å². The van der Waals surface area contributed by atoms with Gasteiger partial charge in [-0.2, -0.15) is 0 Å². The number of carbonyl (C=O) groups is 2. The molecular formula is C18H19NO4. The Hall–Kier alpha value is -2.82. The molecule has 120 valence electrons. The molecule has 23 heavy (non-hydrogen) atoms. The van der Waals surface area contributed by atoms with Gasteiger partial charge in [0.1, 0.15) is 5.75 Å². The molecule has 0 aliphatic rings. The van der Waals surface area contributed by atoms with Gasteiger partial charge in [-0.05, 0) is 38.1 Å². The van der Waals surface area contributed by atoms with Gasteiger partial charge in [0, 0.05) is 5.69 Å². The van der Waals surface area contributed by atoms with Crippen LogP contribution in [-0.2, 0) is 14.3 Å². The summed E-state index contributed by atoms with van der Waals surface area (Å²) in [5.41, 5.74) is 1.64. The third-order valence-electron chi connectivity index (χ3n) is 3.06. The molecule has 1 N–H and O–H groups in total. The molecule has 1 amide bonds. The molecule has 0 radical (unpaired) electrons. The van der Waals surface area contributed by atoms with Gasteiger partial charge in [-0.1, -0.05) is 35.9 Å². The van der Waals surface area contributed by atoms with E-state index in [1.807, 2.05) is 25.1 Å². The first kappa shape index (κ1) is 16.5. The van der Waals surface area contributed by atoms with Crippen LogP contribution in [0.1, 0.15) is 12.5 Å². The first-order valence-corrected chi connectivity index (χ1v) is 7.36. The summed E-state index contributed by atoms with van der Waals surface area (Å²) in [6.45, 7) is 3.79. The molecule has 2 aromatic rings. The highest BCUT2D eigenvalue weighted by Crippen LogP contribution is 2.15. The fraction of sp³-hybridized carbons (Fsp3) is 0.222. The van der Waals surface area contributed by atoms with Crippen LogP contribution >= 0.6 is 0 Å². The molecule has 1 atom stereocenters. The lowest BCUT2D eigenvalue weighted by Crippen LogP contribution is -2.41. The Balaban J connectivity index is 2.14. The minimum absolute atomic E-state index is 0.172. The number of aryl methyl sites for hydroxylation is 1. The van der Waals surface area contributed by atoms with E-state index in [9.17, 15) is 9.59 Å². The first-order valence-electron chi connectivity index (χ1n) is 7.36. The summed E-state index contributed by atoms with van der Waals surface area (Å²) in [4.78, 5) is 24.4. The van der Waals surface area contributed by atoms with Crippen molar-refractivity contribution in [1.82, 2.24) is 0 Å². The van der Waals surface area contributed by atoms with E-state index in [2.05, 4.69) is 5.32 Å². The summed E-state index contributed by atoms with van der Waals surface area (Å²) in [5.74, 6) is -0.867. The molecule has 0 aliphatic heterocycles. The highest BCUT2D eigenvalue weighted by Gasteiger charge is 2.30. The zero-order valence-corrected chi connectivity index (χ0v) is 13.1. The average Bonchev–Trinajstić information content (AvgIpc) is 2.55. The molecule has 1 unspecified atom stereocenters. The second-order valence-corrected chi connectivity index (χ2v) is 4.92. The maximum absolute atomic E-state index is 12.4. The molecule has 0 saturated carbocycles. The number of hydrogen-bond acceptors (Lipinski definition) is 4. The van der Waals surface area contributed by atoms with E-state index in [-0.39, 0.29) is 6.61 Å². The summed E-state index contributed by atoms with van der Waals surface area (Å²) in [6, 6.07) is 16.0. The van der Waals surface area contributed by atoms with Crippen LogP contribution in [0.4, 0.5) is 5.69 Å². The van der Waals surface area contributed by atoms with Crippen LogP contribution in [-0.4, -0.2) is 24.6 Å². The SMILES string of the molecule is CCOC(=O)C(Oc1ccc(C)cc1)C(=O)Nc1ccccc1. The Labute approximate surface area is 135 Å². The number of hydrogen-bond donors (Lipinski definition) is 1. The van der Waals surface area contributed by atoms with Crippen molar-refractivity contribution in [2.24, 2.45) is 0 Å². The standard InChI is InChI=1S/C18H19NO4/c1-3-22-18(21)16(23-15-11-9-13(2)10-12-15)17(20)19-14-7-5-4-6-8-14/h4-12,16H,3H2,1-2H3,(H,19,20). The fourth-order valence-corrected chi connectivity index (χ4v) is 1.91. The van der Waals surface area contributed by atoms with Gasteiger partial charge in [-0.15, -0.1) is 0 Å². The maximum Gasteiger partial charge on any atom is 0.357 e. The Morgan fingerprint density at radius 3 is 2.30 bits per heavy atom. The lowest BCUT2D eigenvalue weighted by molar-refractivity contribution is -0.154. The van der Waals surface area contributed by atoms with Crippen molar-refractivity contribution in [1.29, 1.82) is 0 Å². The lowest BCUT2D eigenvalue weighted by Gasteiger charge is -2.17. The van der Waals surface area contributed by atoms with Crippen LogP contribution in [0.15, 0.2) is 54.6 Å². The molecule has 5 nitrogen and oxygen atoms in total. The topological polar surface area (TPSA) is 64.6 Å². The molecule has 5 heteroatoms. The molecule has 0 aliphatic carbocycles. The van der Waals surface area contributed by atoms with E-state index in [0.717, 1.165) is 5.56 Å². The lowest BCUT2D eigenvalue weighted by atomic mass is 10.2. The number of nitrogens with one attached hydrogen (secondary N) is 1. The van der Waals surface area contributed by atoms with E-state index in [0.29, 0.717) is 11.4 Å². The van der Waals surface area contributed by atoms with Crippen molar-refractivity contribution in [3.63, 3.8) is 0 Å². The Bertz CT molecular complexity index is 652. The average molecular weight is 313 g/mol. The number of rotatable bonds is 6.